The van der Waals surface area contributed by atoms with Gasteiger partial charge in [-0.3, -0.25) is 4.79 Å². The van der Waals surface area contributed by atoms with Crippen molar-refractivity contribution in [3.63, 3.8) is 0 Å². The molecule has 4 aliphatic rings. The first-order valence-corrected chi connectivity index (χ1v) is 6.75. The van der Waals surface area contributed by atoms with Crippen molar-refractivity contribution in [2.75, 3.05) is 0 Å². The van der Waals surface area contributed by atoms with Crippen LogP contribution < -0.4 is 0 Å². The summed E-state index contributed by atoms with van der Waals surface area (Å²) >= 11 is 3.85. The summed E-state index contributed by atoms with van der Waals surface area (Å²) in [6.45, 7) is 0. The molecule has 3 nitrogen and oxygen atoms in total. The van der Waals surface area contributed by atoms with Crippen molar-refractivity contribution in [3.8, 4) is 0 Å². The molecule has 2 unspecified atom stereocenters. The van der Waals surface area contributed by atoms with Gasteiger partial charge in [-0.25, -0.2) is 0 Å². The Labute approximate surface area is 103 Å². The van der Waals surface area contributed by atoms with Crippen LogP contribution in [0.25, 0.3) is 5.53 Å². The van der Waals surface area contributed by atoms with E-state index in [0.717, 1.165) is 25.5 Å². The molecule has 0 radical (unpaired) electrons. The number of alkyl halides is 1. The number of ketones is 1. The third-order valence-electron chi connectivity index (χ3n) is 4.69. The molecule has 2 atom stereocenters. The second-order valence-electron chi connectivity index (χ2n) is 6.00. The zero-order valence-electron chi connectivity index (χ0n) is 9.16. The molecule has 4 rings (SSSR count). The molecule has 0 spiro atoms. The lowest BCUT2D eigenvalue weighted by Crippen LogP contribution is -2.56. The summed E-state index contributed by atoms with van der Waals surface area (Å²) in [5, 5.41) is 0. The summed E-state index contributed by atoms with van der Waals surface area (Å²) in [5.41, 5.74) is 8.32. The monoisotopic (exact) mass is 282 g/mol. The van der Waals surface area contributed by atoms with Crippen LogP contribution in [-0.2, 0) is 4.79 Å². The lowest BCUT2D eigenvalue weighted by atomic mass is 9.48. The number of hydrogen-bond acceptors (Lipinski definition) is 1. The summed E-state index contributed by atoms with van der Waals surface area (Å²) in [7, 11) is 0. The molecule has 0 amide bonds. The summed E-state index contributed by atoms with van der Waals surface area (Å²) in [6.07, 6.45) is 7.77. The van der Waals surface area contributed by atoms with Gasteiger partial charge in [0, 0.05) is 9.74 Å². The molecular formula is C12H15BrN2O. The van der Waals surface area contributed by atoms with Gasteiger partial charge in [0.1, 0.15) is 0 Å². The molecule has 16 heavy (non-hydrogen) atoms. The van der Waals surface area contributed by atoms with Crippen LogP contribution in [0, 0.1) is 17.3 Å². The van der Waals surface area contributed by atoms with Gasteiger partial charge < -0.3 is 5.53 Å². The van der Waals surface area contributed by atoms with Crippen LogP contribution in [0.1, 0.15) is 38.5 Å². The lowest BCUT2D eigenvalue weighted by molar-refractivity contribution is -0.137. The smallest absolute Gasteiger partial charge is 0.323 e. The van der Waals surface area contributed by atoms with E-state index in [-0.39, 0.29) is 15.5 Å². The van der Waals surface area contributed by atoms with E-state index in [4.69, 9.17) is 5.53 Å². The van der Waals surface area contributed by atoms with Gasteiger partial charge in [0.15, 0.2) is 0 Å². The molecule has 0 aromatic rings. The Morgan fingerprint density at radius 2 is 1.94 bits per heavy atom. The van der Waals surface area contributed by atoms with Crippen molar-refractivity contribution in [1.82, 2.24) is 0 Å². The first kappa shape index (κ1) is 10.7. The molecule has 4 fully saturated rings. The van der Waals surface area contributed by atoms with Crippen LogP contribution in [0.2, 0.25) is 0 Å². The number of nitrogens with zero attached hydrogens (tertiary/aromatic N) is 2. The Kier molecular flexibility index (Phi) is 2.18. The van der Waals surface area contributed by atoms with E-state index in [9.17, 15) is 4.79 Å². The number of hydrogen-bond donors (Lipinski definition) is 0. The van der Waals surface area contributed by atoms with Gasteiger partial charge in [0.05, 0.1) is 0 Å². The molecule has 4 saturated carbocycles. The number of rotatable bonds is 2. The van der Waals surface area contributed by atoms with Crippen molar-refractivity contribution in [2.24, 2.45) is 17.3 Å². The highest BCUT2D eigenvalue weighted by Crippen LogP contribution is 2.64. The van der Waals surface area contributed by atoms with Crippen molar-refractivity contribution >= 4 is 27.9 Å². The van der Waals surface area contributed by atoms with E-state index in [1.165, 1.54) is 19.3 Å². The fourth-order valence-electron chi connectivity index (χ4n) is 4.63. The normalized spacial score (nSPS) is 48.8. The number of halogens is 1. The Hall–Kier alpha value is -0.470. The maximum atomic E-state index is 12.1. The highest BCUT2D eigenvalue weighted by Gasteiger charge is 2.59. The molecule has 4 aliphatic carbocycles. The summed E-state index contributed by atoms with van der Waals surface area (Å²) in [6, 6.07) is 0. The minimum atomic E-state index is -0.222. The van der Waals surface area contributed by atoms with Crippen LogP contribution in [-0.4, -0.2) is 21.1 Å². The maximum Gasteiger partial charge on any atom is 0.323 e. The second kappa shape index (κ2) is 3.27. The molecule has 4 heteroatoms. The quantitative estimate of drug-likeness (QED) is 0.332. The van der Waals surface area contributed by atoms with Crippen LogP contribution >= 0.6 is 15.9 Å². The standard InChI is InChI=1S/C12H15BrN2O/c13-12-4-8-1-9(5-12)3-11(2-8,7-12)10(16)6-15-14/h6,8-9H,1-5,7H2. The molecule has 0 aromatic heterocycles. The Morgan fingerprint density at radius 3 is 2.44 bits per heavy atom. The zero-order chi connectivity index (χ0) is 11.4. The minimum Gasteiger partial charge on any atom is -0.361 e. The van der Waals surface area contributed by atoms with E-state index in [0.29, 0.717) is 11.8 Å². The molecule has 0 N–H and O–H groups in total. The third-order valence-corrected chi connectivity index (χ3v) is 5.62. The fourth-order valence-corrected chi connectivity index (χ4v) is 6.08. The Balaban J connectivity index is 1.97. The average Bonchev–Trinajstić information content (AvgIpc) is 2.13. The molecule has 0 aliphatic heterocycles. The second-order valence-corrected chi connectivity index (χ2v) is 7.68. The van der Waals surface area contributed by atoms with Gasteiger partial charge in [-0.2, -0.15) is 4.79 Å². The van der Waals surface area contributed by atoms with Gasteiger partial charge >= 0.3 is 6.21 Å². The Morgan fingerprint density at radius 1 is 1.31 bits per heavy atom. The molecule has 0 aromatic carbocycles. The minimum absolute atomic E-state index is 0.0351. The number of carbonyl (C=O) groups excluding carboxylic acids is 1. The first-order valence-electron chi connectivity index (χ1n) is 5.96. The largest absolute Gasteiger partial charge is 0.361 e. The van der Waals surface area contributed by atoms with Crippen LogP contribution in [0.15, 0.2) is 0 Å². The van der Waals surface area contributed by atoms with Gasteiger partial charge in [-0.05, 0) is 50.4 Å². The predicted molar refractivity (Wildman–Crippen MR) is 63.5 cm³/mol. The number of carbonyl (C=O) groups is 1. The first-order chi connectivity index (χ1) is 7.55. The zero-order valence-corrected chi connectivity index (χ0v) is 10.7. The lowest BCUT2D eigenvalue weighted by Gasteiger charge is -2.58. The van der Waals surface area contributed by atoms with Gasteiger partial charge in [-0.15, -0.1) is 0 Å². The van der Waals surface area contributed by atoms with Gasteiger partial charge in [-0.1, -0.05) is 15.9 Å². The van der Waals surface area contributed by atoms with E-state index in [1.807, 2.05) is 0 Å². The third kappa shape index (κ3) is 1.43. The van der Waals surface area contributed by atoms with E-state index < -0.39 is 0 Å². The van der Waals surface area contributed by atoms with Crippen LogP contribution in [0.3, 0.4) is 0 Å². The summed E-state index contributed by atoms with van der Waals surface area (Å²) < 4.78 is 0.191. The Bertz CT molecular complexity index is 386. The highest BCUT2D eigenvalue weighted by atomic mass is 79.9. The molecule has 4 bridgehead atoms. The van der Waals surface area contributed by atoms with Crippen molar-refractivity contribution in [3.05, 3.63) is 5.53 Å². The number of Topliss-reactive ketones (excluding diaryl/α,β-unsaturated/α-hetero) is 1. The molecule has 0 heterocycles. The van der Waals surface area contributed by atoms with E-state index in [1.54, 1.807) is 0 Å². The van der Waals surface area contributed by atoms with Crippen molar-refractivity contribution < 1.29 is 9.58 Å². The topological polar surface area (TPSA) is 53.5 Å². The predicted octanol–water partition coefficient (Wildman–Crippen LogP) is 2.59. The van der Waals surface area contributed by atoms with Crippen LogP contribution in [0.5, 0.6) is 0 Å². The fraction of sp³-hybridized carbons (Fsp3) is 0.833. The highest BCUT2D eigenvalue weighted by molar-refractivity contribution is 9.10. The SMILES string of the molecule is [N-]=[N+]=CC(=O)C12CC3CC(CC(Br)(C3)C1)C2. The van der Waals surface area contributed by atoms with Gasteiger partial charge in [0.25, 0.3) is 0 Å². The van der Waals surface area contributed by atoms with E-state index in [2.05, 4.69) is 20.7 Å². The molecule has 86 valence electrons. The van der Waals surface area contributed by atoms with Gasteiger partial charge in [0.2, 0.25) is 5.78 Å². The van der Waals surface area contributed by atoms with Crippen LogP contribution in [0.4, 0.5) is 0 Å². The average molecular weight is 283 g/mol. The van der Waals surface area contributed by atoms with Crippen molar-refractivity contribution in [1.29, 1.82) is 0 Å². The van der Waals surface area contributed by atoms with E-state index >= 15 is 0 Å². The summed E-state index contributed by atoms with van der Waals surface area (Å²) in [4.78, 5) is 15.0. The maximum absolute atomic E-state index is 12.1. The van der Waals surface area contributed by atoms with Crippen molar-refractivity contribution in [2.45, 2.75) is 42.8 Å². The summed E-state index contributed by atoms with van der Waals surface area (Å²) in [5.74, 6) is 1.42. The molecular weight excluding hydrogens is 268 g/mol. The molecule has 0 saturated heterocycles.